The van der Waals surface area contributed by atoms with Gasteiger partial charge in [0.05, 0.1) is 5.56 Å². The van der Waals surface area contributed by atoms with E-state index in [1.807, 2.05) is 30.3 Å². The van der Waals surface area contributed by atoms with Crippen LogP contribution < -0.4 is 21.5 Å². The molecule has 0 aliphatic carbocycles. The van der Waals surface area contributed by atoms with Crippen molar-refractivity contribution in [1.29, 1.82) is 0 Å². The number of alkyl halides is 3. The van der Waals surface area contributed by atoms with Gasteiger partial charge < -0.3 is 15.2 Å². The number of nitrogens with zero attached hydrogens (tertiary/aromatic N) is 2. The van der Waals surface area contributed by atoms with Gasteiger partial charge in [0, 0.05) is 13.1 Å². The highest BCUT2D eigenvalue weighted by Crippen LogP contribution is 2.30. The van der Waals surface area contributed by atoms with Gasteiger partial charge in [-0.05, 0) is 23.3 Å². The quantitative estimate of drug-likeness (QED) is 0.330. The van der Waals surface area contributed by atoms with E-state index in [-0.39, 0.29) is 23.5 Å². The molecule has 0 aliphatic heterocycles. The Balaban J connectivity index is 1.44. The Hall–Kier alpha value is -4.02. The Kier molecular flexibility index (Phi) is 5.47. The summed E-state index contributed by atoms with van der Waals surface area (Å²) in [7, 11) is 0. The average Bonchev–Trinajstić information content (AvgIpc) is 3.26. The van der Waals surface area contributed by atoms with Crippen molar-refractivity contribution in [2.45, 2.75) is 19.3 Å². The fourth-order valence-corrected chi connectivity index (χ4v) is 3.00. The standard InChI is InChI=1S/C21H14F4N4O3/c22-14-8-12(6-7-13(14)19-28-20(32-29-19)21(23,24)25)10-27-16-15(17(30)18(16)31)26-9-11-4-2-1-3-5-11/h1-8,26-27H,9-10H2. The van der Waals surface area contributed by atoms with Crippen molar-refractivity contribution in [3.63, 3.8) is 0 Å². The van der Waals surface area contributed by atoms with Gasteiger partial charge in [0.2, 0.25) is 5.82 Å². The summed E-state index contributed by atoms with van der Waals surface area (Å²) in [6.07, 6.45) is -4.84. The van der Waals surface area contributed by atoms with Crippen LogP contribution in [0.5, 0.6) is 0 Å². The molecule has 0 amide bonds. The molecule has 0 saturated heterocycles. The first-order chi connectivity index (χ1) is 15.2. The van der Waals surface area contributed by atoms with E-state index in [2.05, 4.69) is 25.3 Å². The van der Waals surface area contributed by atoms with Crippen LogP contribution in [0.4, 0.5) is 28.9 Å². The van der Waals surface area contributed by atoms with Gasteiger partial charge in [0.25, 0.3) is 10.9 Å². The second kappa shape index (κ2) is 8.25. The van der Waals surface area contributed by atoms with E-state index >= 15 is 0 Å². The molecule has 0 aliphatic rings. The third-order valence-corrected chi connectivity index (χ3v) is 4.63. The molecule has 0 unspecified atom stereocenters. The van der Waals surface area contributed by atoms with Crippen LogP contribution >= 0.6 is 0 Å². The van der Waals surface area contributed by atoms with Crippen LogP contribution in [0.15, 0.2) is 62.6 Å². The van der Waals surface area contributed by atoms with Gasteiger partial charge in [0.1, 0.15) is 17.2 Å². The van der Waals surface area contributed by atoms with Crippen molar-refractivity contribution in [1.82, 2.24) is 10.1 Å². The topological polar surface area (TPSA) is 97.1 Å². The summed E-state index contributed by atoms with van der Waals surface area (Å²) in [6, 6.07) is 12.9. The summed E-state index contributed by atoms with van der Waals surface area (Å²) in [4.78, 5) is 26.9. The van der Waals surface area contributed by atoms with Crippen LogP contribution in [0.1, 0.15) is 17.0 Å². The Morgan fingerprint density at radius 1 is 0.875 bits per heavy atom. The number of rotatable bonds is 7. The number of hydrogen-bond donors (Lipinski definition) is 2. The molecule has 32 heavy (non-hydrogen) atoms. The third-order valence-electron chi connectivity index (χ3n) is 4.63. The number of anilines is 2. The Morgan fingerprint density at radius 3 is 2.06 bits per heavy atom. The molecule has 11 heteroatoms. The van der Waals surface area contributed by atoms with Crippen LogP contribution in [0.2, 0.25) is 0 Å². The molecule has 2 N–H and O–H groups in total. The van der Waals surface area contributed by atoms with Gasteiger partial charge in [-0.2, -0.15) is 18.2 Å². The van der Waals surface area contributed by atoms with E-state index in [1.165, 1.54) is 12.1 Å². The highest BCUT2D eigenvalue weighted by Gasteiger charge is 2.38. The smallest absolute Gasteiger partial charge is 0.376 e. The summed E-state index contributed by atoms with van der Waals surface area (Å²) < 4.78 is 56.3. The summed E-state index contributed by atoms with van der Waals surface area (Å²) >= 11 is 0. The van der Waals surface area contributed by atoms with Crippen LogP contribution in [0.3, 0.4) is 0 Å². The van der Waals surface area contributed by atoms with E-state index in [0.29, 0.717) is 12.1 Å². The summed E-state index contributed by atoms with van der Waals surface area (Å²) in [5.41, 5.74) is -0.0861. The minimum Gasteiger partial charge on any atom is -0.376 e. The van der Waals surface area contributed by atoms with Gasteiger partial charge >= 0.3 is 12.1 Å². The highest BCUT2D eigenvalue weighted by molar-refractivity contribution is 5.74. The Labute approximate surface area is 177 Å². The van der Waals surface area contributed by atoms with Crippen molar-refractivity contribution < 1.29 is 22.1 Å². The predicted molar refractivity (Wildman–Crippen MR) is 107 cm³/mol. The lowest BCUT2D eigenvalue weighted by molar-refractivity contribution is -0.159. The molecule has 0 atom stereocenters. The van der Waals surface area contributed by atoms with Crippen LogP contribution in [0, 0.1) is 5.82 Å². The molecule has 0 fully saturated rings. The summed E-state index contributed by atoms with van der Waals surface area (Å²) in [6.45, 7) is 0.344. The van der Waals surface area contributed by atoms with Crippen LogP contribution in [-0.2, 0) is 19.3 Å². The van der Waals surface area contributed by atoms with E-state index in [9.17, 15) is 27.2 Å². The van der Waals surface area contributed by atoms with Crippen LogP contribution in [0.25, 0.3) is 11.4 Å². The highest BCUT2D eigenvalue weighted by atomic mass is 19.4. The molecule has 1 heterocycles. The molecular formula is C21H14F4N4O3. The molecule has 164 valence electrons. The van der Waals surface area contributed by atoms with Crippen LogP contribution in [-0.4, -0.2) is 10.1 Å². The second-order valence-corrected chi connectivity index (χ2v) is 6.84. The lowest BCUT2D eigenvalue weighted by Crippen LogP contribution is -2.37. The maximum absolute atomic E-state index is 14.4. The third kappa shape index (κ3) is 4.22. The predicted octanol–water partition coefficient (Wildman–Crippen LogP) is 3.71. The normalized spacial score (nSPS) is 11.6. The van der Waals surface area contributed by atoms with E-state index in [4.69, 9.17) is 0 Å². The van der Waals surface area contributed by atoms with Gasteiger partial charge in [-0.25, -0.2) is 4.39 Å². The van der Waals surface area contributed by atoms with E-state index in [0.717, 1.165) is 11.6 Å². The first-order valence-electron chi connectivity index (χ1n) is 9.28. The van der Waals surface area contributed by atoms with Crippen molar-refractivity contribution >= 4 is 11.4 Å². The molecule has 0 radical (unpaired) electrons. The SMILES string of the molecule is O=c1c(NCc2ccccc2)c(NCc2ccc(-c3noc(C(F)(F)F)n3)c(F)c2)c1=O. The van der Waals surface area contributed by atoms with Crippen molar-refractivity contribution in [2.24, 2.45) is 0 Å². The van der Waals surface area contributed by atoms with Gasteiger partial charge in [-0.15, -0.1) is 0 Å². The first-order valence-corrected chi connectivity index (χ1v) is 9.28. The molecule has 7 nitrogen and oxygen atoms in total. The lowest BCUT2D eigenvalue weighted by Gasteiger charge is -2.15. The first kappa shape index (κ1) is 21.2. The monoisotopic (exact) mass is 446 g/mol. The lowest BCUT2D eigenvalue weighted by atomic mass is 10.1. The molecule has 3 aromatic carbocycles. The summed E-state index contributed by atoms with van der Waals surface area (Å²) in [5, 5.41) is 8.86. The van der Waals surface area contributed by atoms with Crippen molar-refractivity contribution in [3.05, 3.63) is 91.8 Å². The second-order valence-electron chi connectivity index (χ2n) is 6.84. The maximum atomic E-state index is 14.4. The van der Waals surface area contributed by atoms with Gasteiger partial charge in [0.15, 0.2) is 0 Å². The summed E-state index contributed by atoms with van der Waals surface area (Å²) in [5.74, 6) is -2.98. The minimum atomic E-state index is -4.84. The molecule has 4 rings (SSSR count). The number of benzene rings is 2. The number of nitrogens with one attached hydrogen (secondary N) is 2. The molecule has 0 saturated carbocycles. The maximum Gasteiger partial charge on any atom is 0.471 e. The van der Waals surface area contributed by atoms with E-state index < -0.39 is 34.6 Å². The van der Waals surface area contributed by atoms with Gasteiger partial charge in [-0.1, -0.05) is 41.6 Å². The fourth-order valence-electron chi connectivity index (χ4n) is 3.00. The Morgan fingerprint density at radius 2 is 1.50 bits per heavy atom. The van der Waals surface area contributed by atoms with E-state index in [1.54, 1.807) is 0 Å². The fraction of sp³-hybridized carbons (Fsp3) is 0.143. The molecular weight excluding hydrogens is 432 g/mol. The zero-order valence-corrected chi connectivity index (χ0v) is 16.2. The van der Waals surface area contributed by atoms with Crippen molar-refractivity contribution in [3.8, 4) is 11.4 Å². The molecule has 0 bridgehead atoms. The Bertz CT molecular complexity index is 1330. The van der Waals surface area contributed by atoms with Crippen molar-refractivity contribution in [2.75, 3.05) is 10.6 Å². The molecule has 0 spiro atoms. The number of hydrogen-bond acceptors (Lipinski definition) is 7. The average molecular weight is 446 g/mol. The molecule has 1 aromatic heterocycles. The largest absolute Gasteiger partial charge is 0.471 e. The number of halogens is 4. The minimum absolute atomic E-state index is 0.00210. The zero-order chi connectivity index (χ0) is 22.9. The number of aromatic nitrogens is 2. The zero-order valence-electron chi connectivity index (χ0n) is 16.2. The van der Waals surface area contributed by atoms with Gasteiger partial charge in [-0.3, -0.25) is 9.59 Å². The molecule has 4 aromatic rings.